The highest BCUT2D eigenvalue weighted by molar-refractivity contribution is 7.25. The molecule has 3 heterocycles. The molecule has 60 heavy (non-hydrogen) atoms. The smallest absolute Gasteiger partial charge is 0.311 e. The third-order valence-electron chi connectivity index (χ3n) is 16.4. The first-order valence-corrected chi connectivity index (χ1v) is 23.0. The van der Waals surface area contributed by atoms with Crippen LogP contribution in [0, 0.1) is 46.3 Å². The summed E-state index contributed by atoms with van der Waals surface area (Å²) in [6.07, 6.45) is 10.6. The van der Waals surface area contributed by atoms with Crippen LogP contribution in [0.2, 0.25) is 0 Å². The standard InChI is InChI=1S/C48H57N3O8S/c1-25(34-13-14-35-42-36(21-39(54)48(34,35)3)47(2)17-16-28(52)18-27(47)19-37(42)53)8-15-40(55)59-38-7-5-6-32-41-45(60-43(32)38)50-44(51(46(41)56)23-30-22-49-24-58-30)31-12-11-29(57-4)20-33(31)26-9-10-26/h5-7,11-12,20,22,24-28,34-37,39,42,52-54H,8-10,13-19,21,23H2,1-4H3/t25-,27+,28-,34?,35+,36+,37-,39+,42+,47+,48-/m1/s1. The topological polar surface area (TPSA) is 157 Å². The van der Waals surface area contributed by atoms with Gasteiger partial charge in [-0.2, -0.15) is 0 Å². The van der Waals surface area contributed by atoms with Gasteiger partial charge in [0.1, 0.15) is 27.9 Å². The van der Waals surface area contributed by atoms with Crippen LogP contribution in [0.4, 0.5) is 0 Å². The molecular weight excluding hydrogens is 779 g/mol. The Bertz CT molecular complexity index is 2490. The molecule has 0 spiro atoms. The zero-order valence-electron chi connectivity index (χ0n) is 35.0. The number of aromatic nitrogens is 3. The molecule has 2 aromatic carbocycles. The lowest BCUT2D eigenvalue weighted by molar-refractivity contribution is -0.207. The highest BCUT2D eigenvalue weighted by Crippen LogP contribution is 2.68. The van der Waals surface area contributed by atoms with Gasteiger partial charge < -0.3 is 29.2 Å². The highest BCUT2D eigenvalue weighted by atomic mass is 32.1. The second-order valence-electron chi connectivity index (χ2n) is 19.5. The van der Waals surface area contributed by atoms with Crippen LogP contribution in [0.3, 0.4) is 0 Å². The van der Waals surface area contributed by atoms with E-state index in [9.17, 15) is 24.9 Å². The maximum atomic E-state index is 14.6. The number of nitrogens with zero attached hydrogens (tertiary/aromatic N) is 3. The Balaban J connectivity index is 0.895. The summed E-state index contributed by atoms with van der Waals surface area (Å²) >= 11 is 1.36. The van der Waals surface area contributed by atoms with E-state index in [0.717, 1.165) is 68.2 Å². The van der Waals surface area contributed by atoms with Crippen LogP contribution in [-0.4, -0.2) is 61.2 Å². The predicted molar refractivity (Wildman–Crippen MR) is 229 cm³/mol. The van der Waals surface area contributed by atoms with Gasteiger partial charge in [0.25, 0.3) is 5.56 Å². The van der Waals surface area contributed by atoms with Crippen molar-refractivity contribution >= 4 is 37.6 Å². The van der Waals surface area contributed by atoms with Crippen molar-refractivity contribution < 1.29 is 34.0 Å². The second kappa shape index (κ2) is 15.1. The number of fused-ring (bicyclic) bond motifs is 8. The molecule has 0 bridgehead atoms. The molecule has 10 rings (SSSR count). The van der Waals surface area contributed by atoms with Crippen molar-refractivity contribution in [1.82, 2.24) is 14.5 Å². The zero-order chi connectivity index (χ0) is 41.7. The fraction of sp³-hybridized carbons (Fsp3) is 0.583. The first-order valence-electron chi connectivity index (χ1n) is 22.2. The number of rotatable bonds is 10. The lowest BCUT2D eigenvalue weighted by atomic mass is 9.43. The van der Waals surface area contributed by atoms with E-state index >= 15 is 0 Å². The molecule has 5 saturated carbocycles. The molecule has 0 radical (unpaired) electrons. The number of ether oxygens (including phenoxy) is 2. The van der Waals surface area contributed by atoms with Gasteiger partial charge in [0.2, 0.25) is 0 Å². The molecule has 12 heteroatoms. The number of aliphatic hydroxyl groups excluding tert-OH is 3. The summed E-state index contributed by atoms with van der Waals surface area (Å²) in [6.45, 7) is 6.97. The molecule has 3 aromatic heterocycles. The number of carbonyl (C=O) groups excluding carboxylic acids is 1. The quantitative estimate of drug-likeness (QED) is 0.0921. The van der Waals surface area contributed by atoms with Gasteiger partial charge in [0, 0.05) is 17.4 Å². The van der Waals surface area contributed by atoms with E-state index in [1.165, 1.54) is 17.7 Å². The van der Waals surface area contributed by atoms with Crippen LogP contribution in [0.5, 0.6) is 11.5 Å². The molecular formula is C48H57N3O8S. The number of hydrogen-bond donors (Lipinski definition) is 3. The van der Waals surface area contributed by atoms with E-state index in [-0.39, 0.29) is 76.9 Å². The van der Waals surface area contributed by atoms with Crippen molar-refractivity contribution in [2.45, 2.75) is 122 Å². The number of aliphatic hydroxyl groups is 3. The summed E-state index contributed by atoms with van der Waals surface area (Å²) in [4.78, 5) is 38.1. The van der Waals surface area contributed by atoms with Gasteiger partial charge >= 0.3 is 5.97 Å². The number of esters is 1. The summed E-state index contributed by atoms with van der Waals surface area (Å²) in [5.74, 6) is 3.55. The Hall–Kier alpha value is -4.10. The Morgan fingerprint density at radius 2 is 1.88 bits per heavy atom. The first kappa shape index (κ1) is 40.0. The molecule has 0 aliphatic heterocycles. The molecule has 11 atom stereocenters. The van der Waals surface area contributed by atoms with Crippen molar-refractivity contribution in [1.29, 1.82) is 0 Å². The summed E-state index contributed by atoms with van der Waals surface area (Å²) in [5.41, 5.74) is 1.45. The monoisotopic (exact) mass is 835 g/mol. The van der Waals surface area contributed by atoms with Gasteiger partial charge in [-0.05, 0) is 146 Å². The normalized spacial score (nSPS) is 33.0. The molecule has 318 valence electrons. The third-order valence-corrected chi connectivity index (χ3v) is 17.6. The first-order chi connectivity index (χ1) is 28.9. The Kier molecular flexibility index (Phi) is 10.0. The third kappa shape index (κ3) is 6.45. The number of hydrogen-bond acceptors (Lipinski definition) is 11. The van der Waals surface area contributed by atoms with Crippen molar-refractivity contribution in [3.05, 3.63) is 70.7 Å². The lowest BCUT2D eigenvalue weighted by Crippen LogP contribution is -2.62. The van der Waals surface area contributed by atoms with E-state index in [0.29, 0.717) is 56.4 Å². The minimum Gasteiger partial charge on any atom is -0.497 e. The molecule has 5 aliphatic rings. The van der Waals surface area contributed by atoms with Gasteiger partial charge in [-0.1, -0.05) is 32.9 Å². The van der Waals surface area contributed by atoms with E-state index in [1.807, 2.05) is 30.3 Å². The molecule has 0 amide bonds. The number of thiophene rings is 1. The van der Waals surface area contributed by atoms with Gasteiger partial charge in [-0.3, -0.25) is 14.2 Å². The Labute approximate surface area is 354 Å². The fourth-order valence-corrected chi connectivity index (χ4v) is 14.2. The summed E-state index contributed by atoms with van der Waals surface area (Å²) < 4.78 is 19.7. The van der Waals surface area contributed by atoms with Crippen molar-refractivity contribution in [2.75, 3.05) is 7.11 Å². The van der Waals surface area contributed by atoms with Gasteiger partial charge in [0.05, 0.1) is 48.2 Å². The van der Waals surface area contributed by atoms with Gasteiger partial charge in [-0.25, -0.2) is 9.97 Å². The largest absolute Gasteiger partial charge is 0.497 e. The summed E-state index contributed by atoms with van der Waals surface area (Å²) in [5, 5.41) is 35.4. The average molecular weight is 836 g/mol. The zero-order valence-corrected chi connectivity index (χ0v) is 35.8. The minimum atomic E-state index is -0.481. The predicted octanol–water partition coefficient (Wildman–Crippen LogP) is 8.48. The van der Waals surface area contributed by atoms with Crippen LogP contribution in [0.1, 0.15) is 109 Å². The van der Waals surface area contributed by atoms with Crippen LogP contribution < -0.4 is 15.0 Å². The molecule has 11 nitrogen and oxygen atoms in total. The van der Waals surface area contributed by atoms with Crippen LogP contribution >= 0.6 is 11.3 Å². The summed E-state index contributed by atoms with van der Waals surface area (Å²) in [6, 6.07) is 11.4. The van der Waals surface area contributed by atoms with E-state index in [1.54, 1.807) is 23.9 Å². The lowest BCUT2D eigenvalue weighted by Gasteiger charge is -2.63. The Morgan fingerprint density at radius 3 is 2.65 bits per heavy atom. The van der Waals surface area contributed by atoms with Crippen molar-refractivity contribution in [2.24, 2.45) is 46.3 Å². The Morgan fingerprint density at radius 1 is 1.05 bits per heavy atom. The molecule has 5 aliphatic carbocycles. The SMILES string of the molecule is COc1ccc(-c2nc3sc4c(OC(=O)CC[C@@H](C)C5CC[C@H]6[C@@H]7[C@H](O)C[C@@H]8C[C@H](O)CC[C@]8(C)[C@H]7C[C@H](O)[C@]56C)cccc4c3c(=O)n2Cc2cnco2)c(C2CC2)c1. The second-order valence-corrected chi connectivity index (χ2v) is 20.5. The average Bonchev–Trinajstić information content (AvgIpc) is 3.62. The number of methoxy groups -OCH3 is 1. The fourth-order valence-electron chi connectivity index (χ4n) is 13.1. The molecule has 3 N–H and O–H groups in total. The number of oxazole rings is 1. The van der Waals surface area contributed by atoms with Gasteiger partial charge in [0.15, 0.2) is 6.39 Å². The number of benzene rings is 2. The number of carbonyl (C=O) groups is 1. The molecule has 5 aromatic rings. The maximum absolute atomic E-state index is 14.6. The molecule has 1 unspecified atom stereocenters. The van der Waals surface area contributed by atoms with E-state index in [4.69, 9.17) is 18.9 Å². The molecule has 0 saturated heterocycles. The molecule has 5 fully saturated rings. The van der Waals surface area contributed by atoms with Crippen molar-refractivity contribution in [3.63, 3.8) is 0 Å². The van der Waals surface area contributed by atoms with E-state index in [2.05, 4.69) is 25.8 Å². The van der Waals surface area contributed by atoms with E-state index < -0.39 is 12.2 Å². The maximum Gasteiger partial charge on any atom is 0.311 e. The summed E-state index contributed by atoms with van der Waals surface area (Å²) in [7, 11) is 1.65. The minimum absolute atomic E-state index is 0.0265. The van der Waals surface area contributed by atoms with Crippen molar-refractivity contribution in [3.8, 4) is 22.9 Å². The van der Waals surface area contributed by atoms with Crippen LogP contribution in [0.25, 0.3) is 31.7 Å². The van der Waals surface area contributed by atoms with Crippen LogP contribution in [-0.2, 0) is 11.3 Å². The highest BCUT2D eigenvalue weighted by Gasteiger charge is 2.65. The van der Waals surface area contributed by atoms with Gasteiger partial charge in [-0.15, -0.1) is 11.3 Å². The van der Waals surface area contributed by atoms with Crippen LogP contribution in [0.15, 0.2) is 58.2 Å².